The fourth-order valence-electron chi connectivity index (χ4n) is 3.98. The van der Waals surface area contributed by atoms with Gasteiger partial charge in [0.25, 0.3) is 0 Å². The lowest BCUT2D eigenvalue weighted by Crippen LogP contribution is -2.59. The Hall–Kier alpha value is -4.56. The molecule has 0 bridgehead atoms. The first-order valence-corrected chi connectivity index (χ1v) is 14.0. The number of aliphatic carboxylic acids is 2. The molecule has 14 nitrogen and oxygen atoms in total. The molecule has 4 atom stereocenters. The van der Waals surface area contributed by atoms with Gasteiger partial charge >= 0.3 is 18.0 Å². The molecule has 1 rings (SSSR count). The van der Waals surface area contributed by atoms with E-state index in [1.54, 1.807) is 44.2 Å². The molecule has 0 radical (unpaired) electrons. The third kappa shape index (κ3) is 14.1. The minimum absolute atomic E-state index is 0.0603. The smallest absolute Gasteiger partial charge is 0.408 e. The Morgan fingerprint density at radius 1 is 0.773 bits per heavy atom. The van der Waals surface area contributed by atoms with Gasteiger partial charge in [0, 0.05) is 6.42 Å². The summed E-state index contributed by atoms with van der Waals surface area (Å²) in [5, 5.41) is 27.6. The van der Waals surface area contributed by atoms with E-state index in [-0.39, 0.29) is 25.4 Å². The average molecular weight is 625 g/mol. The minimum Gasteiger partial charge on any atom is -0.481 e. The van der Waals surface area contributed by atoms with Crippen LogP contribution in [0.1, 0.15) is 58.9 Å². The third-order valence-electron chi connectivity index (χ3n) is 6.27. The van der Waals surface area contributed by atoms with Crippen molar-refractivity contribution in [1.29, 1.82) is 0 Å². The first-order valence-electron chi connectivity index (χ1n) is 14.0. The number of carbonyl (C=O) groups excluding carboxylic acids is 5. The second kappa shape index (κ2) is 18.9. The van der Waals surface area contributed by atoms with Gasteiger partial charge in [-0.2, -0.15) is 0 Å². The number of carbonyl (C=O) groups is 7. The minimum atomic E-state index is -1.69. The van der Waals surface area contributed by atoms with Crippen molar-refractivity contribution >= 4 is 41.5 Å². The molecule has 0 fully saturated rings. The van der Waals surface area contributed by atoms with Gasteiger partial charge in [0.1, 0.15) is 37.4 Å². The van der Waals surface area contributed by atoms with Crippen LogP contribution in [0.15, 0.2) is 30.3 Å². The number of benzene rings is 1. The van der Waals surface area contributed by atoms with Crippen molar-refractivity contribution in [3.63, 3.8) is 0 Å². The summed E-state index contributed by atoms with van der Waals surface area (Å²) in [4.78, 5) is 86.1. The van der Waals surface area contributed by atoms with Gasteiger partial charge in [-0.15, -0.1) is 0 Å². The average Bonchev–Trinajstić information content (AvgIpc) is 2.95. The highest BCUT2D eigenvalue weighted by Gasteiger charge is 2.33. The van der Waals surface area contributed by atoms with Crippen LogP contribution in [0.3, 0.4) is 0 Å². The van der Waals surface area contributed by atoms with Crippen LogP contribution in [0.5, 0.6) is 0 Å². The Labute approximate surface area is 254 Å². The summed E-state index contributed by atoms with van der Waals surface area (Å²) in [6, 6.07) is 3.13. The zero-order valence-corrected chi connectivity index (χ0v) is 25.1. The monoisotopic (exact) mass is 624 g/mol. The van der Waals surface area contributed by atoms with E-state index in [0.29, 0.717) is 5.56 Å². The summed E-state index contributed by atoms with van der Waals surface area (Å²) in [5.74, 6) is -7.36. The normalized spacial score (nSPS) is 13.6. The number of alkyl halides is 1. The van der Waals surface area contributed by atoms with Crippen LogP contribution >= 0.6 is 0 Å². The summed E-state index contributed by atoms with van der Waals surface area (Å²) in [7, 11) is 0. The quantitative estimate of drug-likeness (QED) is 0.130. The number of ether oxygens (including phenoxy) is 1. The van der Waals surface area contributed by atoms with E-state index in [0.717, 1.165) is 0 Å². The van der Waals surface area contributed by atoms with Crippen molar-refractivity contribution in [2.75, 3.05) is 6.67 Å². The molecule has 4 unspecified atom stereocenters. The fraction of sp³-hybridized carbons (Fsp3) is 0.552. The highest BCUT2D eigenvalue weighted by molar-refractivity contribution is 5.97. The summed E-state index contributed by atoms with van der Waals surface area (Å²) >= 11 is 0. The predicted molar refractivity (Wildman–Crippen MR) is 154 cm³/mol. The SMILES string of the molecule is CC(C)CC(NC(=O)OCc1ccccc1)C(=O)NC(CCC(=O)O)C(=O)NC(C(=O)NC(CC(=O)O)C(=O)CF)C(C)C. The van der Waals surface area contributed by atoms with Gasteiger partial charge in [-0.3, -0.25) is 28.8 Å². The Balaban J connectivity index is 3.08. The second-order valence-electron chi connectivity index (χ2n) is 10.9. The molecule has 1 aromatic carbocycles. The number of Topliss-reactive ketones (excluding diaryl/α,β-unsaturated/α-hetero) is 1. The van der Waals surface area contributed by atoms with E-state index < -0.39 is 91.1 Å². The van der Waals surface area contributed by atoms with Crippen LogP contribution in [0.25, 0.3) is 0 Å². The number of carboxylic acid groups (broad SMARTS) is 2. The Bertz CT molecular complexity index is 1160. The molecule has 6 N–H and O–H groups in total. The van der Waals surface area contributed by atoms with E-state index in [1.807, 2.05) is 0 Å². The highest BCUT2D eigenvalue weighted by Crippen LogP contribution is 2.10. The number of hydrogen-bond acceptors (Lipinski definition) is 8. The van der Waals surface area contributed by atoms with Crippen LogP contribution in [-0.2, 0) is 40.1 Å². The molecule has 15 heteroatoms. The third-order valence-corrected chi connectivity index (χ3v) is 6.27. The number of rotatable bonds is 19. The van der Waals surface area contributed by atoms with E-state index in [9.17, 15) is 43.1 Å². The van der Waals surface area contributed by atoms with E-state index in [4.69, 9.17) is 9.84 Å². The first kappa shape index (κ1) is 37.5. The number of hydrogen-bond donors (Lipinski definition) is 6. The summed E-state index contributed by atoms with van der Waals surface area (Å²) in [5.41, 5.74) is 0.713. The van der Waals surface area contributed by atoms with Crippen molar-refractivity contribution in [1.82, 2.24) is 21.3 Å². The zero-order chi connectivity index (χ0) is 33.4. The molecule has 0 saturated heterocycles. The maximum absolute atomic E-state index is 13.3. The molecular weight excluding hydrogens is 583 g/mol. The number of nitrogens with one attached hydrogen (secondary N) is 4. The van der Waals surface area contributed by atoms with Crippen LogP contribution in [0, 0.1) is 11.8 Å². The Morgan fingerprint density at radius 2 is 1.36 bits per heavy atom. The molecule has 0 spiro atoms. The zero-order valence-electron chi connectivity index (χ0n) is 25.1. The number of amides is 4. The van der Waals surface area contributed by atoms with Crippen molar-refractivity contribution < 1.29 is 52.9 Å². The number of carboxylic acids is 2. The van der Waals surface area contributed by atoms with Crippen LogP contribution in [0.2, 0.25) is 0 Å². The molecular formula is C29H41FN4O10. The summed E-state index contributed by atoms with van der Waals surface area (Å²) in [6.45, 7) is 5.07. The standard InChI is InChI=1S/C29H41FN4O10/c1-16(2)12-21(33-29(43)44-15-18-8-6-5-7-9-18)27(41)31-19(10-11-23(36)37)26(40)34-25(17(3)4)28(42)32-20(13-24(38)39)22(35)14-30/h5-9,16-17,19-21,25H,10-15H2,1-4H3,(H,31,41)(H,32,42)(H,33,43)(H,34,40)(H,36,37)(H,38,39). The van der Waals surface area contributed by atoms with Crippen LogP contribution in [-0.4, -0.2) is 82.6 Å². The number of alkyl carbamates (subject to hydrolysis) is 1. The van der Waals surface area contributed by atoms with E-state index in [1.165, 1.54) is 13.8 Å². The Morgan fingerprint density at radius 3 is 1.89 bits per heavy atom. The molecule has 1 aromatic rings. The summed E-state index contributed by atoms with van der Waals surface area (Å²) < 4.78 is 18.1. The molecule has 0 aliphatic rings. The maximum Gasteiger partial charge on any atom is 0.408 e. The molecule has 0 aromatic heterocycles. The molecule has 0 aliphatic heterocycles. The van der Waals surface area contributed by atoms with Crippen molar-refractivity contribution in [3.05, 3.63) is 35.9 Å². The van der Waals surface area contributed by atoms with Crippen molar-refractivity contribution in [2.24, 2.45) is 11.8 Å². The summed E-state index contributed by atoms with van der Waals surface area (Å²) in [6.07, 6.45) is -2.55. The van der Waals surface area contributed by atoms with Crippen LogP contribution in [0.4, 0.5) is 9.18 Å². The van der Waals surface area contributed by atoms with Gasteiger partial charge in [0.2, 0.25) is 17.7 Å². The topological polar surface area (TPSA) is 217 Å². The van der Waals surface area contributed by atoms with Gasteiger partial charge in [0.15, 0.2) is 5.78 Å². The van der Waals surface area contributed by atoms with Crippen molar-refractivity contribution in [3.8, 4) is 0 Å². The number of ketones is 1. The van der Waals surface area contributed by atoms with Gasteiger partial charge < -0.3 is 36.2 Å². The molecule has 244 valence electrons. The highest BCUT2D eigenvalue weighted by atomic mass is 19.1. The number of halogens is 1. The largest absolute Gasteiger partial charge is 0.481 e. The molecule has 0 heterocycles. The first-order chi connectivity index (χ1) is 20.6. The Kier molecular flexibility index (Phi) is 16.1. The lowest BCUT2D eigenvalue weighted by molar-refractivity contribution is -0.141. The van der Waals surface area contributed by atoms with Crippen molar-refractivity contribution in [2.45, 2.75) is 84.2 Å². The van der Waals surface area contributed by atoms with E-state index >= 15 is 0 Å². The van der Waals surface area contributed by atoms with Gasteiger partial charge in [-0.05, 0) is 30.2 Å². The maximum atomic E-state index is 13.3. The molecule has 0 aliphatic carbocycles. The molecule has 0 saturated carbocycles. The molecule has 4 amide bonds. The fourth-order valence-corrected chi connectivity index (χ4v) is 3.98. The molecule has 44 heavy (non-hydrogen) atoms. The van der Waals surface area contributed by atoms with Gasteiger partial charge in [0.05, 0.1) is 6.42 Å². The second-order valence-corrected chi connectivity index (χ2v) is 10.9. The lowest BCUT2D eigenvalue weighted by atomic mass is 10.00. The lowest BCUT2D eigenvalue weighted by Gasteiger charge is -2.28. The van der Waals surface area contributed by atoms with Crippen LogP contribution < -0.4 is 21.3 Å². The van der Waals surface area contributed by atoms with Gasteiger partial charge in [-0.25, -0.2) is 9.18 Å². The van der Waals surface area contributed by atoms with E-state index in [2.05, 4.69) is 21.3 Å². The van der Waals surface area contributed by atoms with Gasteiger partial charge in [-0.1, -0.05) is 58.0 Å². The predicted octanol–water partition coefficient (Wildman–Crippen LogP) is 1.32.